The van der Waals surface area contributed by atoms with Crippen molar-refractivity contribution < 1.29 is 9.59 Å². The molecule has 1 aliphatic carbocycles. The summed E-state index contributed by atoms with van der Waals surface area (Å²) in [4.78, 5) is 25.5. The van der Waals surface area contributed by atoms with Crippen LogP contribution >= 0.6 is 11.3 Å². The Morgan fingerprint density at radius 3 is 2.65 bits per heavy atom. The molecule has 0 unspecified atom stereocenters. The molecule has 0 atom stereocenters. The standard InChI is InChI=1S/C18H20N2O2S/c1-11-6-5-7-13(10-11)20-17(22)16-14-8-3-4-9-15(14)23-18(16)19-12(2)21/h5-7,10H,3-4,8-9H2,1-2H3,(H,19,21)(H,20,22). The van der Waals surface area contributed by atoms with Crippen molar-refractivity contribution in [1.82, 2.24) is 0 Å². The van der Waals surface area contributed by atoms with Crippen molar-refractivity contribution >= 4 is 33.8 Å². The first-order valence-electron chi connectivity index (χ1n) is 7.84. The van der Waals surface area contributed by atoms with Crippen molar-refractivity contribution in [3.8, 4) is 0 Å². The number of thiophene rings is 1. The van der Waals surface area contributed by atoms with Crippen LogP contribution in [-0.2, 0) is 17.6 Å². The Morgan fingerprint density at radius 1 is 1.13 bits per heavy atom. The monoisotopic (exact) mass is 328 g/mol. The number of amides is 2. The van der Waals surface area contributed by atoms with Crippen molar-refractivity contribution in [3.05, 3.63) is 45.8 Å². The molecule has 1 heterocycles. The number of benzene rings is 1. The number of nitrogens with one attached hydrogen (secondary N) is 2. The minimum absolute atomic E-state index is 0.140. The summed E-state index contributed by atoms with van der Waals surface area (Å²) in [7, 11) is 0. The zero-order chi connectivity index (χ0) is 16.4. The third kappa shape index (κ3) is 3.45. The third-order valence-electron chi connectivity index (χ3n) is 3.96. The van der Waals surface area contributed by atoms with Crippen LogP contribution in [0.5, 0.6) is 0 Å². The van der Waals surface area contributed by atoms with E-state index in [0.29, 0.717) is 10.6 Å². The van der Waals surface area contributed by atoms with E-state index in [0.717, 1.165) is 42.5 Å². The van der Waals surface area contributed by atoms with Crippen molar-refractivity contribution in [1.29, 1.82) is 0 Å². The molecule has 23 heavy (non-hydrogen) atoms. The van der Waals surface area contributed by atoms with E-state index in [1.165, 1.54) is 23.1 Å². The first kappa shape index (κ1) is 15.7. The fraction of sp³-hybridized carbons (Fsp3) is 0.333. The van der Waals surface area contributed by atoms with Crippen LogP contribution in [0.1, 0.15) is 46.1 Å². The molecule has 5 heteroatoms. The lowest BCUT2D eigenvalue weighted by Crippen LogP contribution is -2.17. The molecule has 1 aliphatic rings. The van der Waals surface area contributed by atoms with E-state index in [-0.39, 0.29) is 11.8 Å². The van der Waals surface area contributed by atoms with Crippen LogP contribution in [0.15, 0.2) is 24.3 Å². The van der Waals surface area contributed by atoms with E-state index in [1.807, 2.05) is 31.2 Å². The molecule has 3 rings (SSSR count). The molecule has 0 saturated carbocycles. The first-order chi connectivity index (χ1) is 11.0. The summed E-state index contributed by atoms with van der Waals surface area (Å²) in [5.41, 5.74) is 3.62. The number of carbonyl (C=O) groups excluding carboxylic acids is 2. The lowest BCUT2D eigenvalue weighted by atomic mass is 9.95. The molecule has 4 nitrogen and oxygen atoms in total. The smallest absolute Gasteiger partial charge is 0.258 e. The van der Waals surface area contributed by atoms with E-state index in [1.54, 1.807) is 0 Å². The van der Waals surface area contributed by atoms with Gasteiger partial charge in [-0.2, -0.15) is 0 Å². The number of aryl methyl sites for hydroxylation is 2. The van der Waals surface area contributed by atoms with Crippen molar-refractivity contribution in [2.75, 3.05) is 10.6 Å². The molecule has 2 aromatic rings. The van der Waals surface area contributed by atoms with Gasteiger partial charge < -0.3 is 10.6 Å². The topological polar surface area (TPSA) is 58.2 Å². The van der Waals surface area contributed by atoms with Crippen LogP contribution in [0.2, 0.25) is 0 Å². The molecule has 1 aromatic heterocycles. The van der Waals surface area contributed by atoms with E-state index in [9.17, 15) is 9.59 Å². The van der Waals surface area contributed by atoms with Gasteiger partial charge in [0.2, 0.25) is 5.91 Å². The highest BCUT2D eigenvalue weighted by atomic mass is 32.1. The van der Waals surface area contributed by atoms with Gasteiger partial charge in [0, 0.05) is 17.5 Å². The summed E-state index contributed by atoms with van der Waals surface area (Å²) in [6.07, 6.45) is 4.13. The Bertz CT molecular complexity index is 764. The molecule has 2 amide bonds. The average Bonchev–Trinajstić information content (AvgIpc) is 2.84. The second-order valence-corrected chi connectivity index (χ2v) is 7.02. The lowest BCUT2D eigenvalue weighted by Gasteiger charge is -2.13. The average molecular weight is 328 g/mol. The Labute approximate surface area is 139 Å². The zero-order valence-electron chi connectivity index (χ0n) is 13.4. The Kier molecular flexibility index (Phi) is 4.48. The van der Waals surface area contributed by atoms with Gasteiger partial charge in [-0.25, -0.2) is 0 Å². The molecule has 2 N–H and O–H groups in total. The highest BCUT2D eigenvalue weighted by molar-refractivity contribution is 7.17. The van der Waals surface area contributed by atoms with Gasteiger partial charge in [0.15, 0.2) is 0 Å². The maximum Gasteiger partial charge on any atom is 0.258 e. The second-order valence-electron chi connectivity index (χ2n) is 5.92. The van der Waals surface area contributed by atoms with Crippen molar-refractivity contribution in [2.24, 2.45) is 0 Å². The van der Waals surface area contributed by atoms with Crippen LogP contribution in [0.25, 0.3) is 0 Å². The number of anilines is 2. The van der Waals surface area contributed by atoms with Crippen LogP contribution in [0.3, 0.4) is 0 Å². The normalized spacial score (nSPS) is 13.3. The summed E-state index contributed by atoms with van der Waals surface area (Å²) in [5.74, 6) is -0.285. The second kappa shape index (κ2) is 6.54. The van der Waals surface area contributed by atoms with Gasteiger partial charge in [-0.3, -0.25) is 9.59 Å². The fourth-order valence-corrected chi connectivity index (χ4v) is 4.30. The maximum absolute atomic E-state index is 12.8. The SMILES string of the molecule is CC(=O)Nc1sc2c(c1C(=O)Nc1cccc(C)c1)CCCC2. The Morgan fingerprint density at radius 2 is 1.91 bits per heavy atom. The predicted octanol–water partition coefficient (Wildman–Crippen LogP) is 4.15. The van der Waals surface area contributed by atoms with Gasteiger partial charge in [-0.15, -0.1) is 11.3 Å². The third-order valence-corrected chi connectivity index (χ3v) is 5.17. The van der Waals surface area contributed by atoms with E-state index >= 15 is 0 Å². The van der Waals surface area contributed by atoms with Crippen LogP contribution < -0.4 is 10.6 Å². The van der Waals surface area contributed by atoms with Gasteiger partial charge in [-0.05, 0) is 55.9 Å². The molecule has 0 fully saturated rings. The summed E-state index contributed by atoms with van der Waals surface area (Å²) in [5, 5.41) is 6.47. The number of hydrogen-bond donors (Lipinski definition) is 2. The van der Waals surface area contributed by atoms with Crippen LogP contribution in [0.4, 0.5) is 10.7 Å². The molecule has 0 aliphatic heterocycles. The molecule has 1 aromatic carbocycles. The molecule has 0 radical (unpaired) electrons. The summed E-state index contributed by atoms with van der Waals surface area (Å²) in [6, 6.07) is 7.73. The zero-order valence-corrected chi connectivity index (χ0v) is 14.2. The minimum Gasteiger partial charge on any atom is -0.322 e. The molecular weight excluding hydrogens is 308 g/mol. The van der Waals surface area contributed by atoms with Gasteiger partial charge in [0.25, 0.3) is 5.91 Å². The first-order valence-corrected chi connectivity index (χ1v) is 8.66. The minimum atomic E-state index is -0.145. The number of carbonyl (C=O) groups is 2. The molecular formula is C18H20N2O2S. The Balaban J connectivity index is 1.94. The molecule has 0 bridgehead atoms. The van der Waals surface area contributed by atoms with E-state index in [2.05, 4.69) is 10.6 Å². The largest absolute Gasteiger partial charge is 0.322 e. The quantitative estimate of drug-likeness (QED) is 0.889. The van der Waals surface area contributed by atoms with Crippen LogP contribution in [0, 0.1) is 6.92 Å². The summed E-state index contributed by atoms with van der Waals surface area (Å²) < 4.78 is 0. The van der Waals surface area contributed by atoms with Gasteiger partial charge >= 0.3 is 0 Å². The Hall–Kier alpha value is -2.14. The highest BCUT2D eigenvalue weighted by Crippen LogP contribution is 2.38. The summed E-state index contributed by atoms with van der Waals surface area (Å²) >= 11 is 1.54. The number of fused-ring (bicyclic) bond motifs is 1. The van der Waals surface area contributed by atoms with Gasteiger partial charge in [0.05, 0.1) is 5.56 Å². The van der Waals surface area contributed by atoms with E-state index < -0.39 is 0 Å². The number of rotatable bonds is 3. The fourth-order valence-electron chi connectivity index (χ4n) is 2.97. The van der Waals surface area contributed by atoms with Gasteiger partial charge in [0.1, 0.15) is 5.00 Å². The molecule has 0 spiro atoms. The van der Waals surface area contributed by atoms with Crippen LogP contribution in [-0.4, -0.2) is 11.8 Å². The lowest BCUT2D eigenvalue weighted by molar-refractivity contribution is -0.114. The van der Waals surface area contributed by atoms with E-state index in [4.69, 9.17) is 0 Å². The number of hydrogen-bond acceptors (Lipinski definition) is 3. The molecule has 120 valence electrons. The summed E-state index contributed by atoms with van der Waals surface area (Å²) in [6.45, 7) is 3.46. The van der Waals surface area contributed by atoms with Gasteiger partial charge in [-0.1, -0.05) is 12.1 Å². The predicted molar refractivity (Wildman–Crippen MR) is 94.4 cm³/mol. The molecule has 0 saturated heterocycles. The highest BCUT2D eigenvalue weighted by Gasteiger charge is 2.25. The van der Waals surface area contributed by atoms with Crippen molar-refractivity contribution in [3.63, 3.8) is 0 Å². The maximum atomic E-state index is 12.8. The van der Waals surface area contributed by atoms with Crippen molar-refractivity contribution in [2.45, 2.75) is 39.5 Å².